The molecule has 1 aromatic carbocycles. The lowest BCUT2D eigenvalue weighted by Crippen LogP contribution is -2.50. The zero-order chi connectivity index (χ0) is 14.3. The van der Waals surface area contributed by atoms with E-state index >= 15 is 0 Å². The standard InChI is InChI=1S/C16H22NO4/c1-17(6-12-8-18-12,7-13-9-19-13)15-4-2-3-5-16(15)21-11-14-10-20-14/h2-5,12-14H,6-11H2,1H3/q+1. The molecule has 0 spiro atoms. The second-order valence-corrected chi connectivity index (χ2v) is 6.41. The average Bonchev–Trinajstić information content (AvgIpc) is 3.32. The highest BCUT2D eigenvalue weighted by Crippen LogP contribution is 2.36. The van der Waals surface area contributed by atoms with E-state index in [9.17, 15) is 0 Å². The maximum absolute atomic E-state index is 5.99. The van der Waals surface area contributed by atoms with Crippen molar-refractivity contribution in [2.75, 3.05) is 46.6 Å². The van der Waals surface area contributed by atoms with E-state index in [4.69, 9.17) is 18.9 Å². The Kier molecular flexibility index (Phi) is 3.38. The van der Waals surface area contributed by atoms with Gasteiger partial charge >= 0.3 is 0 Å². The molecule has 5 heteroatoms. The first-order valence-electron chi connectivity index (χ1n) is 7.65. The maximum atomic E-state index is 5.99. The lowest BCUT2D eigenvalue weighted by molar-refractivity contribution is 0.232. The first-order valence-corrected chi connectivity index (χ1v) is 7.65. The Labute approximate surface area is 124 Å². The third-order valence-electron chi connectivity index (χ3n) is 4.29. The van der Waals surface area contributed by atoms with Gasteiger partial charge in [0.2, 0.25) is 0 Å². The molecule has 0 aliphatic carbocycles. The summed E-state index contributed by atoms with van der Waals surface area (Å²) in [6.45, 7) is 5.15. The highest BCUT2D eigenvalue weighted by molar-refractivity contribution is 5.55. The SMILES string of the molecule is C[N+](CC1CO1)(CC1CO1)c1ccccc1OCC1CO1. The van der Waals surface area contributed by atoms with E-state index in [1.165, 1.54) is 5.69 Å². The van der Waals surface area contributed by atoms with Crippen LogP contribution >= 0.6 is 0 Å². The zero-order valence-corrected chi connectivity index (χ0v) is 12.4. The van der Waals surface area contributed by atoms with Gasteiger partial charge in [0, 0.05) is 6.07 Å². The molecule has 0 bridgehead atoms. The molecule has 21 heavy (non-hydrogen) atoms. The molecule has 0 radical (unpaired) electrons. The van der Waals surface area contributed by atoms with Crippen molar-refractivity contribution in [1.29, 1.82) is 0 Å². The van der Waals surface area contributed by atoms with Crippen LogP contribution in [0.3, 0.4) is 0 Å². The third kappa shape index (κ3) is 3.37. The lowest BCUT2D eigenvalue weighted by Gasteiger charge is -2.34. The van der Waals surface area contributed by atoms with Crippen LogP contribution in [0.15, 0.2) is 24.3 Å². The molecule has 3 fully saturated rings. The number of nitrogens with zero attached hydrogens (tertiary/aromatic N) is 1. The summed E-state index contributed by atoms with van der Waals surface area (Å²) in [5, 5.41) is 0. The van der Waals surface area contributed by atoms with E-state index in [2.05, 4.69) is 25.2 Å². The van der Waals surface area contributed by atoms with E-state index in [-0.39, 0.29) is 6.10 Å². The molecular formula is C16H22NO4+. The Hall–Kier alpha value is -1.14. The topological polar surface area (TPSA) is 46.8 Å². The van der Waals surface area contributed by atoms with Gasteiger partial charge in [0.05, 0.1) is 26.9 Å². The van der Waals surface area contributed by atoms with Crippen LogP contribution < -0.4 is 9.22 Å². The predicted molar refractivity (Wildman–Crippen MR) is 78.6 cm³/mol. The second-order valence-electron chi connectivity index (χ2n) is 6.41. The Morgan fingerprint density at radius 3 is 2.14 bits per heavy atom. The molecule has 1 aromatic rings. The van der Waals surface area contributed by atoms with Crippen molar-refractivity contribution in [3.8, 4) is 5.75 Å². The van der Waals surface area contributed by atoms with Gasteiger partial charge in [-0.1, -0.05) is 12.1 Å². The van der Waals surface area contributed by atoms with Crippen molar-refractivity contribution >= 4 is 5.69 Å². The summed E-state index contributed by atoms with van der Waals surface area (Å²) < 4.78 is 22.9. The van der Waals surface area contributed by atoms with Crippen molar-refractivity contribution in [3.05, 3.63) is 24.3 Å². The van der Waals surface area contributed by atoms with Gasteiger partial charge in [0.15, 0.2) is 11.4 Å². The minimum atomic E-state index is 0.273. The van der Waals surface area contributed by atoms with Crippen molar-refractivity contribution in [2.24, 2.45) is 0 Å². The molecule has 3 aliphatic heterocycles. The van der Waals surface area contributed by atoms with Gasteiger partial charge in [0.25, 0.3) is 0 Å². The van der Waals surface area contributed by atoms with Crippen LogP contribution in [0.1, 0.15) is 0 Å². The molecule has 0 amide bonds. The molecule has 0 aromatic heterocycles. The monoisotopic (exact) mass is 292 g/mol. The van der Waals surface area contributed by atoms with Gasteiger partial charge in [-0.05, 0) is 6.07 Å². The summed E-state index contributed by atoms with van der Waals surface area (Å²) in [7, 11) is 2.25. The van der Waals surface area contributed by atoms with Gasteiger partial charge in [-0.15, -0.1) is 0 Å². The van der Waals surface area contributed by atoms with Crippen molar-refractivity contribution in [2.45, 2.75) is 18.3 Å². The number of epoxide rings is 3. The highest BCUT2D eigenvalue weighted by atomic mass is 16.6. The number of quaternary nitrogens is 1. The number of ether oxygens (including phenoxy) is 4. The van der Waals surface area contributed by atoms with Crippen molar-refractivity contribution < 1.29 is 18.9 Å². The first-order chi connectivity index (χ1) is 10.2. The molecule has 5 nitrogen and oxygen atoms in total. The number of likely N-dealkylation sites (N-methyl/N-ethyl adjacent to an activating group) is 1. The summed E-state index contributed by atoms with van der Waals surface area (Å²) >= 11 is 0. The molecule has 3 unspecified atom stereocenters. The Balaban J connectivity index is 1.56. The summed E-state index contributed by atoms with van der Waals surface area (Å²) in [4.78, 5) is 0. The quantitative estimate of drug-likeness (QED) is 0.533. The average molecular weight is 292 g/mol. The fourth-order valence-corrected chi connectivity index (χ4v) is 2.89. The van der Waals surface area contributed by atoms with Crippen LogP contribution in [0, 0.1) is 0 Å². The zero-order valence-electron chi connectivity index (χ0n) is 12.4. The minimum absolute atomic E-state index is 0.273. The molecular weight excluding hydrogens is 270 g/mol. The summed E-state index contributed by atoms with van der Waals surface area (Å²) in [6, 6.07) is 8.32. The van der Waals surface area contributed by atoms with Crippen LogP contribution in [0.5, 0.6) is 5.75 Å². The van der Waals surface area contributed by atoms with Gasteiger partial charge in [-0.3, -0.25) is 4.48 Å². The summed E-state index contributed by atoms with van der Waals surface area (Å²) in [5.41, 5.74) is 1.21. The highest BCUT2D eigenvalue weighted by Gasteiger charge is 2.42. The van der Waals surface area contributed by atoms with Crippen LogP contribution in [-0.2, 0) is 14.2 Å². The number of hydrogen-bond donors (Lipinski definition) is 0. The molecule has 0 saturated carbocycles. The smallest absolute Gasteiger partial charge is 0.180 e. The molecule has 114 valence electrons. The fourth-order valence-electron chi connectivity index (χ4n) is 2.89. The largest absolute Gasteiger partial charge is 0.485 e. The fraction of sp³-hybridized carbons (Fsp3) is 0.625. The summed E-state index contributed by atoms with van der Waals surface area (Å²) in [6.07, 6.45) is 1.01. The number of para-hydroxylation sites is 2. The molecule has 4 rings (SSSR count). The van der Waals surface area contributed by atoms with Gasteiger partial charge in [0.1, 0.15) is 38.0 Å². The van der Waals surface area contributed by atoms with Crippen molar-refractivity contribution in [3.63, 3.8) is 0 Å². The Bertz CT molecular complexity index is 495. The van der Waals surface area contributed by atoms with Crippen LogP contribution in [-0.4, -0.2) is 64.9 Å². The summed E-state index contributed by atoms with van der Waals surface area (Å²) in [5.74, 6) is 0.955. The van der Waals surface area contributed by atoms with Crippen LogP contribution in [0.2, 0.25) is 0 Å². The number of benzene rings is 1. The Morgan fingerprint density at radius 2 is 1.57 bits per heavy atom. The lowest BCUT2D eigenvalue weighted by atomic mass is 10.2. The van der Waals surface area contributed by atoms with Gasteiger partial charge in [-0.25, -0.2) is 0 Å². The second kappa shape index (κ2) is 5.25. The normalized spacial score (nSPS) is 32.3. The number of hydrogen-bond acceptors (Lipinski definition) is 4. The molecule has 3 atom stereocenters. The van der Waals surface area contributed by atoms with E-state index in [1.54, 1.807) is 0 Å². The predicted octanol–water partition coefficient (Wildman–Crippen LogP) is 1.20. The van der Waals surface area contributed by atoms with E-state index in [0.717, 1.165) is 43.1 Å². The van der Waals surface area contributed by atoms with E-state index in [1.807, 2.05) is 6.07 Å². The minimum Gasteiger partial charge on any atom is -0.485 e. The third-order valence-corrected chi connectivity index (χ3v) is 4.29. The van der Waals surface area contributed by atoms with Crippen LogP contribution in [0.4, 0.5) is 5.69 Å². The van der Waals surface area contributed by atoms with Crippen molar-refractivity contribution in [1.82, 2.24) is 4.48 Å². The molecule has 3 saturated heterocycles. The number of rotatable bonds is 8. The Morgan fingerprint density at radius 1 is 1.00 bits per heavy atom. The molecule has 3 aliphatic rings. The van der Waals surface area contributed by atoms with Gasteiger partial charge < -0.3 is 18.9 Å². The van der Waals surface area contributed by atoms with E-state index < -0.39 is 0 Å². The molecule has 0 N–H and O–H groups in total. The first kappa shape index (κ1) is 13.5. The molecule has 3 heterocycles. The van der Waals surface area contributed by atoms with E-state index in [0.29, 0.717) is 18.8 Å². The van der Waals surface area contributed by atoms with Crippen LogP contribution in [0.25, 0.3) is 0 Å². The maximum Gasteiger partial charge on any atom is 0.180 e. The van der Waals surface area contributed by atoms with Gasteiger partial charge in [-0.2, -0.15) is 0 Å².